The van der Waals surface area contributed by atoms with Crippen molar-refractivity contribution in [3.8, 4) is 0 Å². The zero-order chi connectivity index (χ0) is 19.9. The maximum Gasteiger partial charge on any atom is 0.238 e. The highest BCUT2D eigenvalue weighted by Crippen LogP contribution is 2.12. The van der Waals surface area contributed by atoms with E-state index in [2.05, 4.69) is 23.2 Å². The van der Waals surface area contributed by atoms with Crippen LogP contribution < -0.4 is 5.32 Å². The van der Waals surface area contributed by atoms with Crippen LogP contribution in [-0.4, -0.2) is 54.3 Å². The normalized spacial score (nSPS) is 14.7. The first-order valence-corrected chi connectivity index (χ1v) is 9.98. The second kappa shape index (κ2) is 9.51. The van der Waals surface area contributed by atoms with Gasteiger partial charge in [0.2, 0.25) is 11.8 Å². The van der Waals surface area contributed by atoms with E-state index < -0.39 is 0 Å². The minimum absolute atomic E-state index is 0.00677. The van der Waals surface area contributed by atoms with Crippen LogP contribution in [0.4, 0.5) is 5.69 Å². The highest BCUT2D eigenvalue weighted by molar-refractivity contribution is 5.92. The lowest BCUT2D eigenvalue weighted by Gasteiger charge is -2.34. The van der Waals surface area contributed by atoms with Gasteiger partial charge in [0.15, 0.2) is 0 Å². The molecule has 0 aromatic heterocycles. The fourth-order valence-corrected chi connectivity index (χ4v) is 3.42. The number of rotatable bonds is 6. The molecule has 2 aromatic rings. The quantitative estimate of drug-likeness (QED) is 0.840. The predicted octanol–water partition coefficient (Wildman–Crippen LogP) is 2.88. The Morgan fingerprint density at radius 1 is 0.964 bits per heavy atom. The Balaban J connectivity index is 1.43. The van der Waals surface area contributed by atoms with E-state index in [1.807, 2.05) is 54.3 Å². The minimum Gasteiger partial charge on any atom is -0.340 e. The van der Waals surface area contributed by atoms with Gasteiger partial charge in [-0.15, -0.1) is 0 Å². The molecule has 2 amide bonds. The topological polar surface area (TPSA) is 52.7 Å². The number of anilines is 1. The lowest BCUT2D eigenvalue weighted by Crippen LogP contribution is -2.50. The lowest BCUT2D eigenvalue weighted by atomic mass is 10.1. The number of benzene rings is 2. The van der Waals surface area contributed by atoms with E-state index in [-0.39, 0.29) is 11.8 Å². The van der Waals surface area contributed by atoms with Gasteiger partial charge in [-0.1, -0.05) is 48.9 Å². The molecule has 148 valence electrons. The highest BCUT2D eigenvalue weighted by Gasteiger charge is 2.22. The van der Waals surface area contributed by atoms with Crippen molar-refractivity contribution in [1.29, 1.82) is 0 Å². The predicted molar refractivity (Wildman–Crippen MR) is 112 cm³/mol. The van der Waals surface area contributed by atoms with E-state index in [0.717, 1.165) is 30.8 Å². The SMILES string of the molecule is CCc1cccc(NC(=O)CN2CCN(C(=O)Cc3ccc(C)cc3)CC2)c1. The van der Waals surface area contributed by atoms with Crippen molar-refractivity contribution >= 4 is 17.5 Å². The molecule has 5 heteroatoms. The third-order valence-electron chi connectivity index (χ3n) is 5.19. The molecule has 0 unspecified atom stereocenters. The van der Waals surface area contributed by atoms with Crippen LogP contribution in [0.5, 0.6) is 0 Å². The number of nitrogens with one attached hydrogen (secondary N) is 1. The van der Waals surface area contributed by atoms with Gasteiger partial charge in [0.05, 0.1) is 13.0 Å². The molecule has 1 aliphatic rings. The summed E-state index contributed by atoms with van der Waals surface area (Å²) in [7, 11) is 0. The number of carbonyl (C=O) groups excluding carboxylic acids is 2. The molecule has 1 heterocycles. The first kappa shape index (κ1) is 20.1. The van der Waals surface area contributed by atoms with E-state index in [1.165, 1.54) is 11.1 Å². The van der Waals surface area contributed by atoms with Crippen LogP contribution in [0.3, 0.4) is 0 Å². The second-order valence-electron chi connectivity index (χ2n) is 7.42. The van der Waals surface area contributed by atoms with Crippen LogP contribution in [0.15, 0.2) is 48.5 Å². The van der Waals surface area contributed by atoms with Crippen LogP contribution in [-0.2, 0) is 22.4 Å². The Hall–Kier alpha value is -2.66. The van der Waals surface area contributed by atoms with Gasteiger partial charge in [-0.25, -0.2) is 0 Å². The molecule has 0 saturated carbocycles. The van der Waals surface area contributed by atoms with Crippen molar-refractivity contribution in [2.75, 3.05) is 38.0 Å². The summed E-state index contributed by atoms with van der Waals surface area (Å²) in [4.78, 5) is 28.8. The van der Waals surface area contributed by atoms with Crippen LogP contribution in [0.2, 0.25) is 0 Å². The van der Waals surface area contributed by atoms with Gasteiger partial charge in [0, 0.05) is 31.9 Å². The van der Waals surface area contributed by atoms with Gasteiger partial charge in [-0.05, 0) is 36.6 Å². The number of nitrogens with zero attached hydrogens (tertiary/aromatic N) is 2. The molecular weight excluding hydrogens is 350 g/mol. The molecule has 0 radical (unpaired) electrons. The van der Waals surface area contributed by atoms with Crippen molar-refractivity contribution < 1.29 is 9.59 Å². The number of carbonyl (C=O) groups is 2. The highest BCUT2D eigenvalue weighted by atomic mass is 16.2. The van der Waals surface area contributed by atoms with E-state index in [4.69, 9.17) is 0 Å². The van der Waals surface area contributed by atoms with Crippen molar-refractivity contribution in [1.82, 2.24) is 9.80 Å². The van der Waals surface area contributed by atoms with Crippen LogP contribution in [0.1, 0.15) is 23.6 Å². The molecule has 0 bridgehead atoms. The summed E-state index contributed by atoms with van der Waals surface area (Å²) in [5.74, 6) is 0.150. The zero-order valence-electron chi connectivity index (χ0n) is 16.8. The van der Waals surface area contributed by atoms with E-state index in [1.54, 1.807) is 0 Å². The first-order chi connectivity index (χ1) is 13.5. The summed E-state index contributed by atoms with van der Waals surface area (Å²) in [6.07, 6.45) is 1.39. The summed E-state index contributed by atoms with van der Waals surface area (Å²) in [6.45, 7) is 7.29. The van der Waals surface area contributed by atoms with Crippen LogP contribution in [0.25, 0.3) is 0 Å². The summed E-state index contributed by atoms with van der Waals surface area (Å²) in [5.41, 5.74) is 4.30. The molecule has 3 rings (SSSR count). The van der Waals surface area contributed by atoms with Crippen LogP contribution in [0, 0.1) is 6.92 Å². The van der Waals surface area contributed by atoms with Crippen molar-refractivity contribution in [3.05, 3.63) is 65.2 Å². The standard InChI is InChI=1S/C23H29N3O2/c1-3-19-5-4-6-21(15-19)24-22(27)17-25-11-13-26(14-12-25)23(28)16-20-9-7-18(2)8-10-20/h4-10,15H,3,11-14,16-17H2,1-2H3,(H,24,27). The Labute approximate surface area is 167 Å². The van der Waals surface area contributed by atoms with Crippen molar-refractivity contribution in [3.63, 3.8) is 0 Å². The average Bonchev–Trinajstić information content (AvgIpc) is 2.70. The van der Waals surface area contributed by atoms with E-state index in [0.29, 0.717) is 26.1 Å². The molecule has 0 atom stereocenters. The Kier molecular flexibility index (Phi) is 6.82. The Morgan fingerprint density at radius 2 is 1.68 bits per heavy atom. The van der Waals surface area contributed by atoms with Gasteiger partial charge < -0.3 is 10.2 Å². The third kappa shape index (κ3) is 5.67. The molecule has 1 N–H and O–H groups in total. The number of piperazine rings is 1. The largest absolute Gasteiger partial charge is 0.340 e. The summed E-state index contributed by atoms with van der Waals surface area (Å²) < 4.78 is 0. The molecule has 2 aromatic carbocycles. The third-order valence-corrected chi connectivity index (χ3v) is 5.19. The fraction of sp³-hybridized carbons (Fsp3) is 0.391. The molecule has 0 aliphatic carbocycles. The van der Waals surface area contributed by atoms with Gasteiger partial charge >= 0.3 is 0 Å². The first-order valence-electron chi connectivity index (χ1n) is 9.98. The maximum atomic E-state index is 12.5. The van der Waals surface area contributed by atoms with Gasteiger partial charge in [0.25, 0.3) is 0 Å². The van der Waals surface area contributed by atoms with Crippen molar-refractivity contribution in [2.24, 2.45) is 0 Å². The molecule has 1 fully saturated rings. The monoisotopic (exact) mass is 379 g/mol. The van der Waals surface area contributed by atoms with E-state index in [9.17, 15) is 9.59 Å². The number of aryl methyl sites for hydroxylation is 2. The molecule has 1 saturated heterocycles. The molecule has 28 heavy (non-hydrogen) atoms. The molecule has 0 spiro atoms. The average molecular weight is 380 g/mol. The molecule has 5 nitrogen and oxygen atoms in total. The van der Waals surface area contributed by atoms with Crippen molar-refractivity contribution in [2.45, 2.75) is 26.7 Å². The van der Waals surface area contributed by atoms with Gasteiger partial charge in [-0.2, -0.15) is 0 Å². The Bertz CT molecular complexity index is 809. The number of hydrogen-bond donors (Lipinski definition) is 1. The maximum absolute atomic E-state index is 12.5. The lowest BCUT2D eigenvalue weighted by molar-refractivity contribution is -0.132. The Morgan fingerprint density at radius 3 is 2.36 bits per heavy atom. The summed E-state index contributed by atoms with van der Waals surface area (Å²) in [6, 6.07) is 16.1. The van der Waals surface area contributed by atoms with Gasteiger partial charge in [0.1, 0.15) is 0 Å². The minimum atomic E-state index is -0.00677. The number of hydrogen-bond acceptors (Lipinski definition) is 3. The van der Waals surface area contributed by atoms with Gasteiger partial charge in [-0.3, -0.25) is 14.5 Å². The summed E-state index contributed by atoms with van der Waals surface area (Å²) >= 11 is 0. The van der Waals surface area contributed by atoms with Crippen LogP contribution >= 0.6 is 0 Å². The zero-order valence-corrected chi connectivity index (χ0v) is 16.8. The van der Waals surface area contributed by atoms with E-state index >= 15 is 0 Å². The summed E-state index contributed by atoms with van der Waals surface area (Å²) in [5, 5.41) is 2.97. The number of amides is 2. The fourth-order valence-electron chi connectivity index (χ4n) is 3.42. The molecule has 1 aliphatic heterocycles. The smallest absolute Gasteiger partial charge is 0.238 e. The second-order valence-corrected chi connectivity index (χ2v) is 7.42. The molecular formula is C23H29N3O2.